The number of carbonyl (C=O) groups excluding carboxylic acids is 1. The van der Waals surface area contributed by atoms with Crippen LogP contribution in [0.15, 0.2) is 77.7 Å². The van der Waals surface area contributed by atoms with Crippen LogP contribution in [0.4, 0.5) is 5.69 Å². The lowest BCUT2D eigenvalue weighted by molar-refractivity contribution is -0.117. The third-order valence-corrected chi connectivity index (χ3v) is 6.43. The summed E-state index contributed by atoms with van der Waals surface area (Å²) in [5.74, 6) is 0.413. The number of ether oxygens (including phenoxy) is 2. The van der Waals surface area contributed by atoms with Gasteiger partial charge in [0.2, 0.25) is 15.9 Å². The number of halogens is 1. The molecule has 0 bridgehead atoms. The molecule has 32 heavy (non-hydrogen) atoms. The fraction of sp³-hybridized carbons (Fsp3) is 0.174. The molecular weight excluding hydrogens is 452 g/mol. The van der Waals surface area contributed by atoms with Crippen LogP contribution in [0.2, 0.25) is 5.02 Å². The minimum atomic E-state index is -3.98. The van der Waals surface area contributed by atoms with E-state index in [0.29, 0.717) is 22.2 Å². The summed E-state index contributed by atoms with van der Waals surface area (Å²) in [5, 5.41) is 3.16. The van der Waals surface area contributed by atoms with E-state index in [9.17, 15) is 13.2 Å². The lowest BCUT2D eigenvalue weighted by atomic mass is 10.1. The lowest BCUT2D eigenvalue weighted by Crippen LogP contribution is -2.45. The maximum Gasteiger partial charge on any atom is 0.243 e. The molecule has 0 fully saturated rings. The number of nitrogens with one attached hydrogen (secondary N) is 2. The van der Waals surface area contributed by atoms with Gasteiger partial charge in [-0.1, -0.05) is 41.9 Å². The number of sulfonamides is 1. The Kier molecular flexibility index (Phi) is 7.74. The van der Waals surface area contributed by atoms with Crippen LogP contribution in [0.5, 0.6) is 11.5 Å². The van der Waals surface area contributed by atoms with E-state index < -0.39 is 22.0 Å². The van der Waals surface area contributed by atoms with E-state index in [4.69, 9.17) is 21.1 Å². The summed E-state index contributed by atoms with van der Waals surface area (Å²) in [4.78, 5) is 13.2. The molecule has 0 aliphatic carbocycles. The van der Waals surface area contributed by atoms with E-state index in [2.05, 4.69) is 10.0 Å². The van der Waals surface area contributed by atoms with E-state index in [-0.39, 0.29) is 11.3 Å². The van der Waals surface area contributed by atoms with Crippen LogP contribution in [-0.4, -0.2) is 34.6 Å². The Hall–Kier alpha value is -3.07. The predicted octanol–water partition coefficient (Wildman–Crippen LogP) is 3.89. The zero-order valence-corrected chi connectivity index (χ0v) is 19.1. The van der Waals surface area contributed by atoms with Crippen molar-refractivity contribution in [2.24, 2.45) is 0 Å². The van der Waals surface area contributed by atoms with Gasteiger partial charge in [0.25, 0.3) is 0 Å². The highest BCUT2D eigenvalue weighted by molar-refractivity contribution is 7.89. The third-order valence-electron chi connectivity index (χ3n) is 4.69. The minimum absolute atomic E-state index is 0.00906. The number of hydrogen-bond donors (Lipinski definition) is 2. The monoisotopic (exact) mass is 474 g/mol. The molecule has 1 atom stereocenters. The molecule has 0 unspecified atom stereocenters. The van der Waals surface area contributed by atoms with Crippen LogP contribution >= 0.6 is 11.6 Å². The number of methoxy groups -OCH3 is 2. The van der Waals surface area contributed by atoms with Crippen LogP contribution in [-0.2, 0) is 21.2 Å². The van der Waals surface area contributed by atoms with Crippen molar-refractivity contribution >= 4 is 33.2 Å². The van der Waals surface area contributed by atoms with Crippen molar-refractivity contribution in [3.05, 3.63) is 83.4 Å². The molecule has 7 nitrogen and oxygen atoms in total. The van der Waals surface area contributed by atoms with Crippen molar-refractivity contribution in [2.45, 2.75) is 17.4 Å². The first kappa shape index (κ1) is 23.6. The molecule has 3 aromatic rings. The maximum atomic E-state index is 13.2. The fourth-order valence-corrected chi connectivity index (χ4v) is 4.35. The summed E-state index contributed by atoms with van der Waals surface area (Å²) < 4.78 is 38.9. The molecule has 3 rings (SSSR count). The van der Waals surface area contributed by atoms with Gasteiger partial charge >= 0.3 is 0 Å². The van der Waals surface area contributed by atoms with Gasteiger partial charge in [0.1, 0.15) is 17.5 Å². The van der Waals surface area contributed by atoms with Crippen molar-refractivity contribution in [2.75, 3.05) is 19.5 Å². The van der Waals surface area contributed by atoms with Gasteiger partial charge in [-0.3, -0.25) is 4.79 Å². The van der Waals surface area contributed by atoms with Gasteiger partial charge in [-0.05, 0) is 48.4 Å². The number of anilines is 1. The van der Waals surface area contributed by atoms with E-state index in [1.54, 1.807) is 18.2 Å². The first-order valence-corrected chi connectivity index (χ1v) is 11.5. The summed E-state index contributed by atoms with van der Waals surface area (Å²) >= 11 is 5.87. The van der Waals surface area contributed by atoms with Crippen molar-refractivity contribution in [1.29, 1.82) is 0 Å². The summed E-state index contributed by atoms with van der Waals surface area (Å²) in [6.45, 7) is 0. The van der Waals surface area contributed by atoms with Crippen LogP contribution in [0.25, 0.3) is 0 Å². The molecule has 0 heterocycles. The number of hydrogen-bond acceptors (Lipinski definition) is 5. The molecule has 168 valence electrons. The number of carbonyl (C=O) groups is 1. The molecule has 0 spiro atoms. The van der Waals surface area contributed by atoms with Gasteiger partial charge < -0.3 is 14.8 Å². The van der Waals surface area contributed by atoms with Gasteiger partial charge in [-0.2, -0.15) is 4.72 Å². The Balaban J connectivity index is 1.88. The van der Waals surface area contributed by atoms with Gasteiger partial charge in [0.15, 0.2) is 0 Å². The third kappa shape index (κ3) is 6.00. The average molecular weight is 475 g/mol. The molecule has 0 aromatic heterocycles. The molecule has 1 amide bonds. The van der Waals surface area contributed by atoms with Gasteiger partial charge in [0.05, 0.1) is 24.8 Å². The first-order valence-electron chi connectivity index (χ1n) is 9.67. The molecule has 0 aliphatic heterocycles. The Bertz CT molecular complexity index is 1170. The van der Waals surface area contributed by atoms with Gasteiger partial charge in [-0.15, -0.1) is 0 Å². The quantitative estimate of drug-likeness (QED) is 0.490. The molecule has 9 heteroatoms. The van der Waals surface area contributed by atoms with Crippen molar-refractivity contribution < 1.29 is 22.7 Å². The molecular formula is C23H23ClN2O5S. The molecule has 2 N–H and O–H groups in total. The minimum Gasteiger partial charge on any atom is -0.497 e. The molecule has 0 saturated heterocycles. The van der Waals surface area contributed by atoms with Crippen LogP contribution in [0.3, 0.4) is 0 Å². The van der Waals surface area contributed by atoms with Crippen molar-refractivity contribution in [3.8, 4) is 11.5 Å². The highest BCUT2D eigenvalue weighted by Crippen LogP contribution is 2.29. The van der Waals surface area contributed by atoms with E-state index in [1.807, 2.05) is 30.3 Å². The predicted molar refractivity (Wildman–Crippen MR) is 124 cm³/mol. The summed E-state index contributed by atoms with van der Waals surface area (Å²) in [7, 11) is -0.991. The zero-order valence-electron chi connectivity index (χ0n) is 17.5. The second-order valence-electron chi connectivity index (χ2n) is 6.87. The van der Waals surface area contributed by atoms with Gasteiger partial charge in [-0.25, -0.2) is 8.42 Å². The topological polar surface area (TPSA) is 93.7 Å². The zero-order chi connectivity index (χ0) is 23.1. The van der Waals surface area contributed by atoms with Crippen molar-refractivity contribution in [3.63, 3.8) is 0 Å². The fourth-order valence-electron chi connectivity index (χ4n) is 3.03. The Morgan fingerprint density at radius 3 is 2.28 bits per heavy atom. The number of rotatable bonds is 9. The highest BCUT2D eigenvalue weighted by Gasteiger charge is 2.27. The van der Waals surface area contributed by atoms with Gasteiger partial charge in [0, 0.05) is 11.1 Å². The normalized spacial score (nSPS) is 12.1. The van der Waals surface area contributed by atoms with Crippen LogP contribution < -0.4 is 19.5 Å². The summed E-state index contributed by atoms with van der Waals surface area (Å²) in [5.41, 5.74) is 1.19. The second-order valence-corrected chi connectivity index (χ2v) is 9.02. The SMILES string of the molecule is COc1ccc(NC(=O)[C@@H](Cc2ccccc2)NS(=O)(=O)c2ccc(Cl)cc2)c(OC)c1. The van der Waals surface area contributed by atoms with Crippen LogP contribution in [0.1, 0.15) is 5.56 Å². The molecule has 0 aliphatic rings. The Morgan fingerprint density at radius 1 is 0.969 bits per heavy atom. The molecule has 0 saturated carbocycles. The van der Waals surface area contributed by atoms with E-state index >= 15 is 0 Å². The van der Waals surface area contributed by atoms with Crippen LogP contribution in [0, 0.1) is 0 Å². The standard InChI is InChI=1S/C23H23ClN2O5S/c1-30-18-10-13-20(22(15-18)31-2)25-23(27)21(14-16-6-4-3-5-7-16)26-32(28,29)19-11-8-17(24)9-12-19/h3-13,15,21,26H,14H2,1-2H3,(H,25,27)/t21-/m1/s1. The molecule has 0 radical (unpaired) electrons. The van der Waals surface area contributed by atoms with E-state index in [1.165, 1.54) is 38.5 Å². The smallest absolute Gasteiger partial charge is 0.243 e. The summed E-state index contributed by atoms with van der Waals surface area (Å²) in [6, 6.07) is 18.7. The summed E-state index contributed by atoms with van der Waals surface area (Å²) in [6.07, 6.45) is 0.151. The van der Waals surface area contributed by atoms with Crippen molar-refractivity contribution in [1.82, 2.24) is 4.72 Å². The Morgan fingerprint density at radius 2 is 1.66 bits per heavy atom. The Labute approximate surface area is 192 Å². The second kappa shape index (κ2) is 10.5. The highest BCUT2D eigenvalue weighted by atomic mass is 35.5. The largest absolute Gasteiger partial charge is 0.497 e. The molecule has 3 aromatic carbocycles. The van der Waals surface area contributed by atoms with E-state index in [0.717, 1.165) is 5.56 Å². The maximum absolute atomic E-state index is 13.2. The number of benzene rings is 3. The first-order chi connectivity index (χ1) is 15.3. The lowest BCUT2D eigenvalue weighted by Gasteiger charge is -2.20. The average Bonchev–Trinajstić information content (AvgIpc) is 2.79. The number of amides is 1.